The highest BCUT2D eigenvalue weighted by Gasteiger charge is 2.21. The first kappa shape index (κ1) is 12.4. The van der Waals surface area contributed by atoms with Crippen molar-refractivity contribution in [3.8, 4) is 0 Å². The zero-order valence-electron chi connectivity index (χ0n) is 7.44. The number of amides is 1. The van der Waals surface area contributed by atoms with Crippen molar-refractivity contribution < 1.29 is 13.8 Å². The molecule has 4 nitrogen and oxygen atoms in total. The third kappa shape index (κ3) is 3.87. The molecule has 0 rings (SSSR count). The van der Waals surface area contributed by atoms with Gasteiger partial charge in [0.15, 0.2) is 0 Å². The van der Waals surface area contributed by atoms with Crippen LogP contribution in [0.2, 0.25) is 0 Å². The Bertz CT molecular complexity index is 203. The topological polar surface area (TPSA) is 38.8 Å². The van der Waals surface area contributed by atoms with E-state index in [0.29, 0.717) is 0 Å². The molecule has 0 aromatic heterocycles. The minimum Gasteiger partial charge on any atom is -0.324 e. The van der Waals surface area contributed by atoms with Crippen molar-refractivity contribution in [1.29, 1.82) is 0 Å². The first-order valence-corrected chi connectivity index (χ1v) is 7.12. The summed E-state index contributed by atoms with van der Waals surface area (Å²) < 4.78 is 11.4. The van der Waals surface area contributed by atoms with E-state index < -0.39 is 5.69 Å². The smallest absolute Gasteiger partial charge is 0.267 e. The summed E-state index contributed by atoms with van der Waals surface area (Å²) >= 11 is 6.16. The second kappa shape index (κ2) is 5.19. The van der Waals surface area contributed by atoms with Crippen LogP contribution in [0.25, 0.3) is 0 Å². The van der Waals surface area contributed by atoms with Crippen LogP contribution in [0.15, 0.2) is 0 Å². The number of carbonyl (C=O) groups is 1. The zero-order chi connectivity index (χ0) is 9.78. The van der Waals surface area contributed by atoms with E-state index in [0.717, 1.165) is 11.6 Å². The van der Waals surface area contributed by atoms with Gasteiger partial charge in [-0.1, -0.05) is 0 Å². The minimum atomic E-state index is -2.34. The standard InChI is InChI=1S/C5H12NO3PS2/c1-5(7)6(2)12-10(11,8-3)9-4/h1-4H3. The summed E-state index contributed by atoms with van der Waals surface area (Å²) in [5.41, 5.74) is -2.34. The molecule has 72 valence electrons. The van der Waals surface area contributed by atoms with Gasteiger partial charge in [0.25, 0.3) is 5.69 Å². The van der Waals surface area contributed by atoms with E-state index in [2.05, 4.69) is 0 Å². The van der Waals surface area contributed by atoms with Crippen LogP contribution in [0.3, 0.4) is 0 Å². The fourth-order valence-corrected chi connectivity index (χ4v) is 3.59. The molecular formula is C5H12NO3PS2. The van der Waals surface area contributed by atoms with Gasteiger partial charge in [-0.05, 0) is 11.8 Å². The predicted molar refractivity (Wildman–Crippen MR) is 54.3 cm³/mol. The molecular weight excluding hydrogens is 217 g/mol. The summed E-state index contributed by atoms with van der Waals surface area (Å²) in [6.07, 6.45) is 0. The summed E-state index contributed by atoms with van der Waals surface area (Å²) in [5, 5.41) is 0. The molecule has 0 aliphatic carbocycles. The molecule has 0 aromatic rings. The number of nitrogens with zero attached hydrogens (tertiary/aromatic N) is 1. The van der Waals surface area contributed by atoms with Crippen molar-refractivity contribution in [3.05, 3.63) is 0 Å². The number of carbonyl (C=O) groups excluding carboxylic acids is 1. The summed E-state index contributed by atoms with van der Waals surface area (Å²) in [6, 6.07) is 0. The molecule has 0 unspecified atom stereocenters. The van der Waals surface area contributed by atoms with Gasteiger partial charge in [-0.15, -0.1) is 0 Å². The maximum absolute atomic E-state index is 10.8. The number of rotatable bonds is 4. The quantitative estimate of drug-likeness (QED) is 0.541. The molecule has 0 N–H and O–H groups in total. The van der Waals surface area contributed by atoms with Crippen LogP contribution >= 0.6 is 17.3 Å². The summed E-state index contributed by atoms with van der Waals surface area (Å²) in [7, 11) is 4.59. The lowest BCUT2D eigenvalue weighted by Crippen LogP contribution is -2.15. The van der Waals surface area contributed by atoms with E-state index >= 15 is 0 Å². The van der Waals surface area contributed by atoms with E-state index in [1.807, 2.05) is 0 Å². The van der Waals surface area contributed by atoms with Crippen LogP contribution in [-0.2, 0) is 25.6 Å². The van der Waals surface area contributed by atoms with Crippen molar-refractivity contribution in [2.75, 3.05) is 21.3 Å². The van der Waals surface area contributed by atoms with Gasteiger partial charge in [-0.2, -0.15) is 0 Å². The fourth-order valence-electron chi connectivity index (χ4n) is 0.349. The van der Waals surface area contributed by atoms with Gasteiger partial charge in [0, 0.05) is 39.8 Å². The number of hydrogen-bond acceptors (Lipinski definition) is 5. The lowest BCUT2D eigenvalue weighted by Gasteiger charge is -2.21. The first-order valence-electron chi connectivity index (χ1n) is 3.10. The Morgan fingerprint density at radius 2 is 1.92 bits per heavy atom. The third-order valence-corrected chi connectivity index (χ3v) is 6.43. The molecule has 0 heterocycles. The maximum atomic E-state index is 10.8. The molecule has 0 aromatic carbocycles. The molecule has 0 radical (unpaired) electrons. The largest absolute Gasteiger partial charge is 0.324 e. The third-order valence-electron chi connectivity index (χ3n) is 1.11. The van der Waals surface area contributed by atoms with Crippen LogP contribution in [-0.4, -0.2) is 31.5 Å². The van der Waals surface area contributed by atoms with Crippen LogP contribution in [0, 0.1) is 0 Å². The fraction of sp³-hybridized carbons (Fsp3) is 0.800. The highest BCUT2D eigenvalue weighted by molar-refractivity contribution is 8.67. The monoisotopic (exact) mass is 229 g/mol. The molecule has 0 saturated carbocycles. The molecule has 0 spiro atoms. The Labute approximate surface area is 81.6 Å². The van der Waals surface area contributed by atoms with Gasteiger partial charge in [0.1, 0.15) is 0 Å². The molecule has 0 aliphatic rings. The van der Waals surface area contributed by atoms with Crippen molar-refractivity contribution in [3.63, 3.8) is 0 Å². The van der Waals surface area contributed by atoms with Crippen LogP contribution in [0.4, 0.5) is 0 Å². The second-order valence-corrected chi connectivity index (χ2v) is 8.31. The van der Waals surface area contributed by atoms with E-state index in [1.54, 1.807) is 7.05 Å². The molecule has 12 heavy (non-hydrogen) atoms. The highest BCUT2D eigenvalue weighted by atomic mass is 32.9. The first-order chi connectivity index (χ1) is 5.45. The zero-order valence-corrected chi connectivity index (χ0v) is 9.96. The Morgan fingerprint density at radius 3 is 2.17 bits per heavy atom. The highest BCUT2D eigenvalue weighted by Crippen LogP contribution is 2.60. The molecule has 0 fully saturated rings. The van der Waals surface area contributed by atoms with Crippen LogP contribution in [0.5, 0.6) is 0 Å². The average Bonchev–Trinajstić information content (AvgIpc) is 2.04. The average molecular weight is 229 g/mol. The normalized spacial score (nSPS) is 11.3. The van der Waals surface area contributed by atoms with Crippen LogP contribution < -0.4 is 0 Å². The SMILES string of the molecule is COP(=S)(OC)SN(C)C(C)=O. The van der Waals surface area contributed by atoms with Gasteiger partial charge in [0.05, 0.1) is 0 Å². The van der Waals surface area contributed by atoms with Gasteiger partial charge in [-0.25, -0.2) is 0 Å². The van der Waals surface area contributed by atoms with Gasteiger partial charge >= 0.3 is 0 Å². The summed E-state index contributed by atoms with van der Waals surface area (Å²) in [6.45, 7) is 1.46. The summed E-state index contributed by atoms with van der Waals surface area (Å²) in [4.78, 5) is 10.8. The number of hydrogen-bond donors (Lipinski definition) is 0. The second-order valence-electron chi connectivity index (χ2n) is 1.91. The van der Waals surface area contributed by atoms with Crippen molar-refractivity contribution >= 4 is 35.0 Å². The minimum absolute atomic E-state index is 0.0803. The molecule has 0 atom stereocenters. The van der Waals surface area contributed by atoms with Crippen molar-refractivity contribution in [1.82, 2.24) is 4.31 Å². The van der Waals surface area contributed by atoms with Gasteiger partial charge in [0.2, 0.25) is 5.91 Å². The van der Waals surface area contributed by atoms with E-state index in [4.69, 9.17) is 20.9 Å². The lowest BCUT2D eigenvalue weighted by molar-refractivity contribution is -0.122. The molecule has 7 heteroatoms. The Morgan fingerprint density at radius 1 is 1.50 bits per heavy atom. The lowest BCUT2D eigenvalue weighted by atomic mass is 10.7. The van der Waals surface area contributed by atoms with Crippen molar-refractivity contribution in [2.24, 2.45) is 0 Å². The Kier molecular flexibility index (Phi) is 5.36. The van der Waals surface area contributed by atoms with E-state index in [-0.39, 0.29) is 5.91 Å². The van der Waals surface area contributed by atoms with Gasteiger partial charge in [-0.3, -0.25) is 9.10 Å². The van der Waals surface area contributed by atoms with Crippen LogP contribution in [0.1, 0.15) is 6.92 Å². The van der Waals surface area contributed by atoms with E-state index in [9.17, 15) is 4.79 Å². The van der Waals surface area contributed by atoms with E-state index in [1.165, 1.54) is 25.4 Å². The maximum Gasteiger partial charge on any atom is 0.267 e. The predicted octanol–water partition coefficient (Wildman–Crippen LogP) is 1.63. The molecule has 0 aliphatic heterocycles. The Hall–Kier alpha value is 0.390. The Balaban J connectivity index is 4.22. The molecule has 0 saturated heterocycles. The molecule has 0 bridgehead atoms. The summed E-state index contributed by atoms with van der Waals surface area (Å²) in [5.74, 6) is -0.0803. The van der Waals surface area contributed by atoms with Gasteiger partial charge < -0.3 is 9.05 Å². The van der Waals surface area contributed by atoms with Crippen molar-refractivity contribution in [2.45, 2.75) is 6.92 Å². The molecule has 1 amide bonds.